The fourth-order valence-electron chi connectivity index (χ4n) is 1.98. The molecule has 2 aromatic heterocycles. The van der Waals surface area contributed by atoms with Gasteiger partial charge in [0.2, 0.25) is 0 Å². The molecule has 0 aliphatic carbocycles. The summed E-state index contributed by atoms with van der Waals surface area (Å²) < 4.78 is 37.4. The van der Waals surface area contributed by atoms with Crippen LogP contribution in [0.3, 0.4) is 0 Å². The number of alkyl halides is 3. The number of phenolic OH excluding ortho intramolecular Hbond substituents is 1. The van der Waals surface area contributed by atoms with Crippen molar-refractivity contribution in [3.8, 4) is 17.1 Å². The molecule has 0 spiro atoms. The number of pyridine rings is 1. The lowest BCUT2D eigenvalue weighted by Gasteiger charge is -2.05. The van der Waals surface area contributed by atoms with Crippen molar-refractivity contribution in [2.75, 3.05) is 0 Å². The second kappa shape index (κ2) is 4.26. The molecule has 0 fully saturated rings. The summed E-state index contributed by atoms with van der Waals surface area (Å²) in [4.78, 5) is 6.86. The molecule has 0 saturated carbocycles. The number of aromatic hydroxyl groups is 1. The number of phenols is 1. The summed E-state index contributed by atoms with van der Waals surface area (Å²) in [6.07, 6.45) is -3.59. The van der Waals surface area contributed by atoms with Crippen molar-refractivity contribution < 1.29 is 18.3 Å². The summed E-state index contributed by atoms with van der Waals surface area (Å²) in [6.45, 7) is 0. The van der Waals surface area contributed by atoms with Gasteiger partial charge in [0, 0.05) is 17.1 Å². The summed E-state index contributed by atoms with van der Waals surface area (Å²) in [5, 5.41) is 10.1. The molecule has 0 amide bonds. The topological polar surface area (TPSA) is 48.9 Å². The second-order valence-electron chi connectivity index (χ2n) is 4.38. The van der Waals surface area contributed by atoms with Crippen LogP contribution in [0.1, 0.15) is 5.56 Å². The van der Waals surface area contributed by atoms with Gasteiger partial charge in [0.1, 0.15) is 5.75 Å². The highest BCUT2D eigenvalue weighted by atomic mass is 19.4. The molecular formula is C14H9F3N2O. The fourth-order valence-corrected chi connectivity index (χ4v) is 1.98. The first kappa shape index (κ1) is 12.5. The van der Waals surface area contributed by atoms with Crippen LogP contribution in [0.5, 0.6) is 5.75 Å². The number of H-pyrrole nitrogens is 1. The summed E-state index contributed by atoms with van der Waals surface area (Å²) >= 11 is 0. The smallest absolute Gasteiger partial charge is 0.417 e. The Morgan fingerprint density at radius 3 is 2.50 bits per heavy atom. The van der Waals surface area contributed by atoms with Crippen molar-refractivity contribution in [3.05, 3.63) is 48.2 Å². The van der Waals surface area contributed by atoms with Crippen molar-refractivity contribution in [3.63, 3.8) is 0 Å². The number of aromatic amines is 1. The first-order chi connectivity index (χ1) is 9.43. The molecule has 3 nitrogen and oxygen atoms in total. The number of hydrogen-bond donors (Lipinski definition) is 2. The Hall–Kier alpha value is -2.50. The number of aromatic nitrogens is 2. The van der Waals surface area contributed by atoms with E-state index in [-0.39, 0.29) is 5.75 Å². The molecule has 3 aromatic rings. The van der Waals surface area contributed by atoms with Gasteiger partial charge in [0.25, 0.3) is 0 Å². The number of benzene rings is 1. The number of fused-ring (bicyclic) bond motifs is 1. The average molecular weight is 278 g/mol. The maximum atomic E-state index is 12.5. The van der Waals surface area contributed by atoms with Crippen molar-refractivity contribution in [2.45, 2.75) is 6.18 Å². The first-order valence-electron chi connectivity index (χ1n) is 5.79. The molecule has 0 aliphatic heterocycles. The SMILES string of the molecule is Oc1ccc2[nH]c(-c3ccc(C(F)(F)F)cn3)cc2c1. The van der Waals surface area contributed by atoms with E-state index in [9.17, 15) is 18.3 Å². The van der Waals surface area contributed by atoms with Crippen LogP contribution < -0.4 is 0 Å². The van der Waals surface area contributed by atoms with Gasteiger partial charge in [-0.3, -0.25) is 4.98 Å². The van der Waals surface area contributed by atoms with Gasteiger partial charge < -0.3 is 10.1 Å². The van der Waals surface area contributed by atoms with Gasteiger partial charge in [-0.15, -0.1) is 0 Å². The van der Waals surface area contributed by atoms with Crippen LogP contribution in [0, 0.1) is 0 Å². The summed E-state index contributed by atoms with van der Waals surface area (Å²) in [5.41, 5.74) is 1.00. The van der Waals surface area contributed by atoms with Crippen LogP contribution in [0.2, 0.25) is 0 Å². The molecule has 3 rings (SSSR count). The van der Waals surface area contributed by atoms with Gasteiger partial charge in [-0.1, -0.05) is 0 Å². The van der Waals surface area contributed by atoms with Crippen LogP contribution in [-0.2, 0) is 6.18 Å². The lowest BCUT2D eigenvalue weighted by atomic mass is 10.2. The van der Waals surface area contributed by atoms with E-state index < -0.39 is 11.7 Å². The zero-order valence-electron chi connectivity index (χ0n) is 10.1. The third-order valence-corrected chi connectivity index (χ3v) is 2.97. The Kier molecular flexibility index (Phi) is 2.67. The Balaban J connectivity index is 2.02. The third kappa shape index (κ3) is 2.20. The molecule has 0 unspecified atom stereocenters. The van der Waals surface area contributed by atoms with Crippen LogP contribution in [0.4, 0.5) is 13.2 Å². The maximum Gasteiger partial charge on any atom is 0.417 e. The van der Waals surface area contributed by atoms with Gasteiger partial charge in [0.05, 0.1) is 17.0 Å². The molecule has 0 saturated heterocycles. The van der Waals surface area contributed by atoms with E-state index in [2.05, 4.69) is 9.97 Å². The molecular weight excluding hydrogens is 269 g/mol. The van der Waals surface area contributed by atoms with Gasteiger partial charge in [-0.25, -0.2) is 0 Å². The van der Waals surface area contributed by atoms with Crippen LogP contribution in [-0.4, -0.2) is 15.1 Å². The van der Waals surface area contributed by atoms with E-state index in [1.165, 1.54) is 12.1 Å². The standard InChI is InChI=1S/C14H9F3N2O/c15-14(16,17)9-1-3-12(18-7-9)13-6-8-5-10(20)2-4-11(8)19-13/h1-7,19-20H. The third-order valence-electron chi connectivity index (χ3n) is 2.97. The van der Waals surface area contributed by atoms with E-state index in [4.69, 9.17) is 0 Å². The highest BCUT2D eigenvalue weighted by molar-refractivity contribution is 5.86. The quantitative estimate of drug-likeness (QED) is 0.708. The van der Waals surface area contributed by atoms with E-state index in [0.717, 1.165) is 23.2 Å². The fraction of sp³-hybridized carbons (Fsp3) is 0.0714. The minimum atomic E-state index is -4.39. The number of hydrogen-bond acceptors (Lipinski definition) is 2. The first-order valence-corrected chi connectivity index (χ1v) is 5.79. The molecule has 102 valence electrons. The normalized spacial score (nSPS) is 11.9. The van der Waals surface area contributed by atoms with Gasteiger partial charge in [0.15, 0.2) is 0 Å². The number of rotatable bonds is 1. The van der Waals surface area contributed by atoms with Crippen LogP contribution in [0.25, 0.3) is 22.3 Å². The molecule has 0 bridgehead atoms. The molecule has 0 atom stereocenters. The van der Waals surface area contributed by atoms with Gasteiger partial charge in [-0.2, -0.15) is 13.2 Å². The Labute approximate surface area is 111 Å². The van der Waals surface area contributed by atoms with Crippen molar-refractivity contribution in [1.82, 2.24) is 9.97 Å². The maximum absolute atomic E-state index is 12.5. The lowest BCUT2D eigenvalue weighted by Crippen LogP contribution is -2.05. The average Bonchev–Trinajstić information content (AvgIpc) is 2.80. The number of nitrogens with zero attached hydrogens (tertiary/aromatic N) is 1. The number of halogens is 3. The van der Waals surface area contributed by atoms with Gasteiger partial charge in [-0.05, 0) is 36.4 Å². The molecule has 0 radical (unpaired) electrons. The largest absolute Gasteiger partial charge is 0.508 e. The Bertz CT molecular complexity index is 760. The molecule has 1 aromatic carbocycles. The Morgan fingerprint density at radius 1 is 1.05 bits per heavy atom. The number of nitrogens with one attached hydrogen (secondary N) is 1. The molecule has 6 heteroatoms. The highest BCUT2D eigenvalue weighted by Crippen LogP contribution is 2.30. The predicted molar refractivity (Wildman–Crippen MR) is 68.2 cm³/mol. The van der Waals surface area contributed by atoms with Crippen molar-refractivity contribution in [2.24, 2.45) is 0 Å². The molecule has 2 N–H and O–H groups in total. The van der Waals surface area contributed by atoms with Crippen molar-refractivity contribution in [1.29, 1.82) is 0 Å². The van der Waals surface area contributed by atoms with Gasteiger partial charge >= 0.3 is 6.18 Å². The lowest BCUT2D eigenvalue weighted by molar-refractivity contribution is -0.137. The zero-order chi connectivity index (χ0) is 14.3. The second-order valence-corrected chi connectivity index (χ2v) is 4.38. The summed E-state index contributed by atoms with van der Waals surface area (Å²) in [5.74, 6) is 0.128. The molecule has 0 aliphatic rings. The van der Waals surface area contributed by atoms with Crippen LogP contribution >= 0.6 is 0 Å². The van der Waals surface area contributed by atoms with E-state index in [1.807, 2.05) is 0 Å². The van der Waals surface area contributed by atoms with Crippen molar-refractivity contribution >= 4 is 10.9 Å². The summed E-state index contributed by atoms with van der Waals surface area (Å²) in [6, 6.07) is 8.82. The molecule has 2 heterocycles. The summed E-state index contributed by atoms with van der Waals surface area (Å²) in [7, 11) is 0. The van der Waals surface area contributed by atoms with E-state index >= 15 is 0 Å². The molecule has 20 heavy (non-hydrogen) atoms. The highest BCUT2D eigenvalue weighted by Gasteiger charge is 2.30. The van der Waals surface area contributed by atoms with E-state index in [0.29, 0.717) is 11.4 Å². The Morgan fingerprint density at radius 2 is 1.85 bits per heavy atom. The monoisotopic (exact) mass is 278 g/mol. The minimum absolute atomic E-state index is 0.128. The minimum Gasteiger partial charge on any atom is -0.508 e. The van der Waals surface area contributed by atoms with Crippen LogP contribution in [0.15, 0.2) is 42.6 Å². The predicted octanol–water partition coefficient (Wildman–Crippen LogP) is 3.95. The zero-order valence-corrected chi connectivity index (χ0v) is 10.1. The van der Waals surface area contributed by atoms with E-state index in [1.54, 1.807) is 18.2 Å².